The van der Waals surface area contributed by atoms with E-state index in [1.807, 2.05) is 6.07 Å². The molecule has 1 aliphatic carbocycles. The van der Waals surface area contributed by atoms with Gasteiger partial charge in [-0.3, -0.25) is 4.90 Å². The molecule has 0 spiro atoms. The highest BCUT2D eigenvalue weighted by Crippen LogP contribution is 2.38. The van der Waals surface area contributed by atoms with Crippen LogP contribution < -0.4 is 0 Å². The van der Waals surface area contributed by atoms with Gasteiger partial charge in [-0.25, -0.2) is 0 Å². The van der Waals surface area contributed by atoms with Crippen molar-refractivity contribution in [2.75, 3.05) is 6.54 Å². The number of nitriles is 1. The summed E-state index contributed by atoms with van der Waals surface area (Å²) in [6.07, 6.45) is 7.12. The molecule has 0 amide bonds. The van der Waals surface area contributed by atoms with E-state index >= 15 is 0 Å². The second-order valence-corrected chi connectivity index (χ2v) is 7.63. The van der Waals surface area contributed by atoms with Crippen LogP contribution in [0.1, 0.15) is 72.0 Å². The molecule has 1 saturated carbocycles. The molecule has 23 heavy (non-hydrogen) atoms. The number of hydrogen-bond acceptors (Lipinski definition) is 6. The van der Waals surface area contributed by atoms with Gasteiger partial charge < -0.3 is 4.42 Å². The van der Waals surface area contributed by atoms with Gasteiger partial charge in [-0.05, 0) is 44.4 Å². The molecule has 120 valence electrons. The summed E-state index contributed by atoms with van der Waals surface area (Å²) < 4.78 is 6.01. The van der Waals surface area contributed by atoms with Crippen molar-refractivity contribution < 1.29 is 4.42 Å². The molecular weight excluding hydrogens is 308 g/mol. The standard InChI is InChI=1S/C17H20N4OS/c18-10-13-7-8-14(23-13)11-21-9-2-1-6-15(21)17-20-19-16(22-17)12-4-3-5-12/h7-8,12,15H,1-6,9,11H2/t15-/m0/s1. The van der Waals surface area contributed by atoms with Crippen LogP contribution >= 0.6 is 11.3 Å². The molecule has 0 bridgehead atoms. The van der Waals surface area contributed by atoms with E-state index < -0.39 is 0 Å². The predicted molar refractivity (Wildman–Crippen MR) is 86.9 cm³/mol. The molecule has 0 N–H and O–H groups in total. The van der Waals surface area contributed by atoms with Crippen LogP contribution in [0.3, 0.4) is 0 Å². The molecule has 0 unspecified atom stereocenters. The van der Waals surface area contributed by atoms with Crippen LogP contribution in [0.5, 0.6) is 0 Å². The summed E-state index contributed by atoms with van der Waals surface area (Å²) in [6.45, 7) is 1.91. The first-order valence-corrected chi connectivity index (χ1v) is 9.21. The first-order valence-electron chi connectivity index (χ1n) is 8.39. The highest BCUT2D eigenvalue weighted by atomic mass is 32.1. The van der Waals surface area contributed by atoms with Gasteiger partial charge in [-0.1, -0.05) is 12.8 Å². The lowest BCUT2D eigenvalue weighted by atomic mass is 9.85. The third-order valence-electron chi connectivity index (χ3n) is 4.94. The van der Waals surface area contributed by atoms with Gasteiger partial charge in [0, 0.05) is 17.3 Å². The van der Waals surface area contributed by atoms with Crippen molar-refractivity contribution in [3.05, 3.63) is 33.7 Å². The molecule has 2 aromatic heterocycles. The van der Waals surface area contributed by atoms with E-state index in [4.69, 9.17) is 9.68 Å². The van der Waals surface area contributed by atoms with Gasteiger partial charge in [0.15, 0.2) is 0 Å². The van der Waals surface area contributed by atoms with Crippen LogP contribution in [-0.4, -0.2) is 21.6 Å². The molecule has 0 radical (unpaired) electrons. The van der Waals surface area contributed by atoms with Gasteiger partial charge in [-0.15, -0.1) is 21.5 Å². The highest BCUT2D eigenvalue weighted by Gasteiger charge is 2.31. The normalized spacial score (nSPS) is 22.7. The Balaban J connectivity index is 1.50. The zero-order chi connectivity index (χ0) is 15.6. The molecule has 2 aromatic rings. The van der Waals surface area contributed by atoms with E-state index in [2.05, 4.69) is 27.2 Å². The molecule has 3 heterocycles. The molecular formula is C17H20N4OS. The molecule has 1 saturated heterocycles. The Morgan fingerprint density at radius 3 is 2.78 bits per heavy atom. The van der Waals surface area contributed by atoms with Crippen LogP contribution in [0.15, 0.2) is 16.5 Å². The average Bonchev–Trinajstić information content (AvgIpc) is 3.16. The van der Waals surface area contributed by atoms with E-state index in [-0.39, 0.29) is 6.04 Å². The molecule has 4 rings (SSSR count). The van der Waals surface area contributed by atoms with Gasteiger partial charge in [0.2, 0.25) is 11.8 Å². The van der Waals surface area contributed by atoms with Gasteiger partial charge in [-0.2, -0.15) is 5.26 Å². The third-order valence-corrected chi connectivity index (χ3v) is 5.91. The summed E-state index contributed by atoms with van der Waals surface area (Å²) in [5.74, 6) is 2.10. The summed E-state index contributed by atoms with van der Waals surface area (Å²) in [5.41, 5.74) is 0. The lowest BCUT2D eigenvalue weighted by Gasteiger charge is -2.33. The molecule has 1 aliphatic heterocycles. The maximum Gasteiger partial charge on any atom is 0.233 e. The fourth-order valence-electron chi connectivity index (χ4n) is 3.38. The summed E-state index contributed by atoms with van der Waals surface area (Å²) in [4.78, 5) is 4.43. The molecule has 0 aromatic carbocycles. The highest BCUT2D eigenvalue weighted by molar-refractivity contribution is 7.12. The van der Waals surface area contributed by atoms with E-state index in [1.54, 1.807) is 11.3 Å². The quantitative estimate of drug-likeness (QED) is 0.848. The van der Waals surface area contributed by atoms with Crippen molar-refractivity contribution >= 4 is 11.3 Å². The van der Waals surface area contributed by atoms with Crippen LogP contribution in [0.4, 0.5) is 0 Å². The molecule has 2 fully saturated rings. The number of likely N-dealkylation sites (tertiary alicyclic amines) is 1. The minimum Gasteiger partial charge on any atom is -0.423 e. The van der Waals surface area contributed by atoms with Crippen molar-refractivity contribution in [1.29, 1.82) is 5.26 Å². The molecule has 5 nitrogen and oxygen atoms in total. The van der Waals surface area contributed by atoms with E-state index in [0.29, 0.717) is 5.92 Å². The van der Waals surface area contributed by atoms with E-state index in [9.17, 15) is 0 Å². The largest absolute Gasteiger partial charge is 0.423 e. The van der Waals surface area contributed by atoms with Gasteiger partial charge in [0.05, 0.1) is 6.04 Å². The van der Waals surface area contributed by atoms with E-state index in [0.717, 1.165) is 36.2 Å². The lowest BCUT2D eigenvalue weighted by Crippen LogP contribution is -2.32. The number of piperidine rings is 1. The lowest BCUT2D eigenvalue weighted by molar-refractivity contribution is 0.116. The smallest absolute Gasteiger partial charge is 0.233 e. The minimum atomic E-state index is 0.220. The molecule has 6 heteroatoms. The number of aromatic nitrogens is 2. The van der Waals surface area contributed by atoms with Gasteiger partial charge in [0.1, 0.15) is 10.9 Å². The Kier molecular flexibility index (Phi) is 4.15. The summed E-state index contributed by atoms with van der Waals surface area (Å²) >= 11 is 1.58. The predicted octanol–water partition coefficient (Wildman–Crippen LogP) is 4.00. The van der Waals surface area contributed by atoms with Crippen molar-refractivity contribution in [3.63, 3.8) is 0 Å². The van der Waals surface area contributed by atoms with E-state index in [1.165, 1.54) is 37.0 Å². The fourth-order valence-corrected chi connectivity index (χ4v) is 4.22. The topological polar surface area (TPSA) is 66.0 Å². The number of thiophene rings is 1. The Hall–Kier alpha value is -1.71. The van der Waals surface area contributed by atoms with Crippen molar-refractivity contribution in [1.82, 2.24) is 15.1 Å². The van der Waals surface area contributed by atoms with Crippen molar-refractivity contribution in [2.24, 2.45) is 0 Å². The third kappa shape index (κ3) is 3.04. The Labute approximate surface area is 139 Å². The second kappa shape index (κ2) is 6.42. The summed E-state index contributed by atoms with van der Waals surface area (Å²) in [6, 6.07) is 6.40. The van der Waals surface area contributed by atoms with Crippen molar-refractivity contribution in [2.45, 2.75) is 57.0 Å². The zero-order valence-electron chi connectivity index (χ0n) is 13.1. The van der Waals surface area contributed by atoms with Crippen LogP contribution in [0.25, 0.3) is 0 Å². The number of hydrogen-bond donors (Lipinski definition) is 0. The van der Waals surface area contributed by atoms with Crippen LogP contribution in [-0.2, 0) is 6.54 Å². The minimum absolute atomic E-state index is 0.220. The fraction of sp³-hybridized carbons (Fsp3) is 0.588. The first kappa shape index (κ1) is 14.9. The number of rotatable bonds is 4. The van der Waals surface area contributed by atoms with Crippen LogP contribution in [0.2, 0.25) is 0 Å². The summed E-state index contributed by atoms with van der Waals surface area (Å²) in [7, 11) is 0. The van der Waals surface area contributed by atoms with Gasteiger partial charge in [0.25, 0.3) is 0 Å². The Morgan fingerprint density at radius 1 is 1.17 bits per heavy atom. The summed E-state index contributed by atoms with van der Waals surface area (Å²) in [5, 5.41) is 17.6. The van der Waals surface area contributed by atoms with Gasteiger partial charge >= 0.3 is 0 Å². The monoisotopic (exact) mass is 328 g/mol. The Morgan fingerprint density at radius 2 is 2.04 bits per heavy atom. The SMILES string of the molecule is N#Cc1ccc(CN2CCCC[C@H]2c2nnc(C3CCC3)o2)s1. The zero-order valence-corrected chi connectivity index (χ0v) is 13.9. The molecule has 2 aliphatic rings. The average molecular weight is 328 g/mol. The Bertz CT molecular complexity index is 712. The first-order chi connectivity index (χ1) is 11.3. The molecule has 1 atom stereocenters. The van der Waals surface area contributed by atoms with Crippen molar-refractivity contribution in [3.8, 4) is 6.07 Å². The van der Waals surface area contributed by atoms with Crippen LogP contribution in [0, 0.1) is 11.3 Å². The maximum absolute atomic E-state index is 8.98. The maximum atomic E-state index is 8.98. The second-order valence-electron chi connectivity index (χ2n) is 6.47. The number of nitrogens with zero attached hydrogens (tertiary/aromatic N) is 4.